The van der Waals surface area contributed by atoms with Gasteiger partial charge < -0.3 is 14.7 Å². The van der Waals surface area contributed by atoms with Crippen LogP contribution in [0.15, 0.2) is 12.1 Å². The summed E-state index contributed by atoms with van der Waals surface area (Å²) in [6.07, 6.45) is -0.146. The molecule has 0 aliphatic carbocycles. The number of hydrogen-bond donors (Lipinski definition) is 1. The topological polar surface area (TPSA) is 106 Å². The fraction of sp³-hybridized carbons (Fsp3) is 0.500. The standard InChI is InChI=1S/C12H15N3O5/c1-8-2-3-10(15(18)19)12(13-8)14-4-5-20-7-9(14)6-11(16)17/h2-3,9H,4-7H2,1H3,(H,16,17). The van der Waals surface area contributed by atoms with Crippen LogP contribution in [0.5, 0.6) is 0 Å². The number of rotatable bonds is 4. The van der Waals surface area contributed by atoms with Gasteiger partial charge in [0.15, 0.2) is 0 Å². The van der Waals surface area contributed by atoms with Crippen molar-refractivity contribution in [2.24, 2.45) is 0 Å². The Labute approximate surface area is 115 Å². The minimum atomic E-state index is -0.971. The lowest BCUT2D eigenvalue weighted by atomic mass is 10.1. The number of nitrogens with zero attached hydrogens (tertiary/aromatic N) is 3. The Bertz CT molecular complexity index is 534. The number of morpholine rings is 1. The Morgan fingerprint density at radius 1 is 1.65 bits per heavy atom. The molecule has 0 amide bonds. The van der Waals surface area contributed by atoms with Crippen LogP contribution in [0.3, 0.4) is 0 Å². The molecule has 2 rings (SSSR count). The summed E-state index contributed by atoms with van der Waals surface area (Å²) in [4.78, 5) is 27.4. The molecule has 1 unspecified atom stereocenters. The van der Waals surface area contributed by atoms with Gasteiger partial charge in [0, 0.05) is 18.3 Å². The van der Waals surface area contributed by atoms with Crippen LogP contribution < -0.4 is 4.90 Å². The molecule has 2 heterocycles. The second kappa shape index (κ2) is 5.83. The van der Waals surface area contributed by atoms with Crippen LogP contribution in [-0.2, 0) is 9.53 Å². The number of aromatic nitrogens is 1. The molecule has 0 aromatic carbocycles. The summed E-state index contributed by atoms with van der Waals surface area (Å²) in [7, 11) is 0. The number of ether oxygens (including phenoxy) is 1. The molecule has 8 heteroatoms. The van der Waals surface area contributed by atoms with E-state index in [1.165, 1.54) is 6.07 Å². The van der Waals surface area contributed by atoms with Crippen molar-refractivity contribution < 1.29 is 19.6 Å². The van der Waals surface area contributed by atoms with E-state index in [4.69, 9.17) is 9.84 Å². The maximum absolute atomic E-state index is 11.1. The number of pyridine rings is 1. The third-order valence-electron chi connectivity index (χ3n) is 3.10. The molecule has 1 aromatic heterocycles. The molecule has 0 bridgehead atoms. The first kappa shape index (κ1) is 14.2. The van der Waals surface area contributed by atoms with Gasteiger partial charge in [-0.05, 0) is 13.0 Å². The van der Waals surface area contributed by atoms with Gasteiger partial charge in [-0.1, -0.05) is 0 Å². The summed E-state index contributed by atoms with van der Waals surface area (Å²) in [5, 5.41) is 20.0. The summed E-state index contributed by atoms with van der Waals surface area (Å²) >= 11 is 0. The van der Waals surface area contributed by atoms with Gasteiger partial charge in [-0.2, -0.15) is 0 Å². The molecule has 1 fully saturated rings. The molecular formula is C12H15N3O5. The zero-order valence-corrected chi connectivity index (χ0v) is 11.0. The van der Waals surface area contributed by atoms with Crippen LogP contribution in [-0.4, -0.2) is 46.8 Å². The van der Waals surface area contributed by atoms with Gasteiger partial charge in [-0.25, -0.2) is 4.98 Å². The zero-order valence-electron chi connectivity index (χ0n) is 11.0. The van der Waals surface area contributed by atoms with E-state index in [1.807, 2.05) is 0 Å². The first-order valence-corrected chi connectivity index (χ1v) is 6.17. The van der Waals surface area contributed by atoms with Crippen LogP contribution >= 0.6 is 0 Å². The third kappa shape index (κ3) is 3.02. The lowest BCUT2D eigenvalue weighted by Crippen LogP contribution is -2.47. The molecule has 108 valence electrons. The molecule has 0 saturated carbocycles. The third-order valence-corrected chi connectivity index (χ3v) is 3.10. The second-order valence-corrected chi connectivity index (χ2v) is 4.57. The number of carboxylic acids is 1. The lowest BCUT2D eigenvalue weighted by molar-refractivity contribution is -0.384. The average molecular weight is 281 g/mol. The van der Waals surface area contributed by atoms with Crippen LogP contribution in [0, 0.1) is 17.0 Å². The molecule has 1 aliphatic heterocycles. The Morgan fingerprint density at radius 3 is 3.05 bits per heavy atom. The van der Waals surface area contributed by atoms with Crippen molar-refractivity contribution in [1.29, 1.82) is 0 Å². The fourth-order valence-electron chi connectivity index (χ4n) is 2.19. The smallest absolute Gasteiger partial charge is 0.311 e. The van der Waals surface area contributed by atoms with Gasteiger partial charge in [0.2, 0.25) is 5.82 Å². The van der Waals surface area contributed by atoms with Crippen LogP contribution in [0.1, 0.15) is 12.1 Å². The van der Waals surface area contributed by atoms with Crippen LogP contribution in [0.2, 0.25) is 0 Å². The number of aliphatic carboxylic acids is 1. The van der Waals surface area contributed by atoms with Gasteiger partial charge >= 0.3 is 11.7 Å². The maximum atomic E-state index is 11.1. The Hall–Kier alpha value is -2.22. The van der Waals surface area contributed by atoms with E-state index in [0.29, 0.717) is 18.8 Å². The molecule has 1 atom stereocenters. The maximum Gasteiger partial charge on any atom is 0.311 e. The number of hydrogen-bond acceptors (Lipinski definition) is 6. The minimum Gasteiger partial charge on any atom is -0.481 e. The van der Waals surface area contributed by atoms with Crippen LogP contribution in [0.4, 0.5) is 11.5 Å². The largest absolute Gasteiger partial charge is 0.481 e. The molecule has 0 radical (unpaired) electrons. The summed E-state index contributed by atoms with van der Waals surface area (Å²) in [6.45, 7) is 2.73. The van der Waals surface area contributed by atoms with Crippen molar-refractivity contribution in [3.63, 3.8) is 0 Å². The summed E-state index contributed by atoms with van der Waals surface area (Å²) < 4.78 is 5.26. The van der Waals surface area contributed by atoms with E-state index in [1.54, 1.807) is 17.9 Å². The predicted octanol–water partition coefficient (Wildman–Crippen LogP) is 0.978. The summed E-state index contributed by atoms with van der Waals surface area (Å²) in [5.74, 6) is -0.759. The molecule has 8 nitrogen and oxygen atoms in total. The van der Waals surface area contributed by atoms with E-state index in [0.717, 1.165) is 0 Å². The Morgan fingerprint density at radius 2 is 2.40 bits per heavy atom. The first-order valence-electron chi connectivity index (χ1n) is 6.17. The van der Waals surface area contributed by atoms with Gasteiger partial charge in [-0.15, -0.1) is 0 Å². The lowest BCUT2D eigenvalue weighted by Gasteiger charge is -2.35. The number of carboxylic acid groups (broad SMARTS) is 1. The highest BCUT2D eigenvalue weighted by molar-refractivity contribution is 5.69. The SMILES string of the molecule is Cc1ccc([N+](=O)[O-])c(N2CCOCC2CC(=O)O)n1. The van der Waals surface area contributed by atoms with E-state index in [9.17, 15) is 14.9 Å². The van der Waals surface area contributed by atoms with Crippen LogP contribution in [0.25, 0.3) is 0 Å². The highest BCUT2D eigenvalue weighted by atomic mass is 16.6. The first-order chi connectivity index (χ1) is 9.49. The van der Waals surface area contributed by atoms with Crippen molar-refractivity contribution in [3.8, 4) is 0 Å². The van der Waals surface area contributed by atoms with Gasteiger partial charge in [0.1, 0.15) is 0 Å². The normalized spacial score (nSPS) is 18.9. The molecule has 0 spiro atoms. The monoisotopic (exact) mass is 281 g/mol. The second-order valence-electron chi connectivity index (χ2n) is 4.57. The van der Waals surface area contributed by atoms with E-state index in [2.05, 4.69) is 4.98 Å². The number of anilines is 1. The van der Waals surface area contributed by atoms with Crippen molar-refractivity contribution in [2.75, 3.05) is 24.7 Å². The van der Waals surface area contributed by atoms with E-state index < -0.39 is 16.9 Å². The molecule has 1 saturated heterocycles. The highest BCUT2D eigenvalue weighted by Gasteiger charge is 2.31. The highest BCUT2D eigenvalue weighted by Crippen LogP contribution is 2.29. The van der Waals surface area contributed by atoms with Gasteiger partial charge in [0.25, 0.3) is 0 Å². The molecule has 20 heavy (non-hydrogen) atoms. The number of nitro groups is 1. The van der Waals surface area contributed by atoms with E-state index >= 15 is 0 Å². The fourth-order valence-corrected chi connectivity index (χ4v) is 2.19. The molecule has 1 aromatic rings. The van der Waals surface area contributed by atoms with E-state index in [-0.39, 0.29) is 24.5 Å². The van der Waals surface area contributed by atoms with Gasteiger partial charge in [0.05, 0.1) is 30.6 Å². The molecular weight excluding hydrogens is 266 g/mol. The minimum absolute atomic E-state index is 0.118. The van der Waals surface area contributed by atoms with Crippen molar-refractivity contribution in [2.45, 2.75) is 19.4 Å². The number of carbonyl (C=O) groups is 1. The molecule has 1 aliphatic rings. The predicted molar refractivity (Wildman–Crippen MR) is 69.8 cm³/mol. The quantitative estimate of drug-likeness (QED) is 0.647. The summed E-state index contributed by atoms with van der Waals surface area (Å²) in [5.41, 5.74) is 0.527. The van der Waals surface area contributed by atoms with Crippen molar-refractivity contribution in [3.05, 3.63) is 27.9 Å². The summed E-state index contributed by atoms with van der Waals surface area (Å²) in [6, 6.07) is 2.51. The average Bonchev–Trinajstić information content (AvgIpc) is 2.38. The molecule has 1 N–H and O–H groups in total. The van der Waals surface area contributed by atoms with Crippen molar-refractivity contribution >= 4 is 17.5 Å². The Balaban J connectivity index is 2.38. The van der Waals surface area contributed by atoms with Crippen molar-refractivity contribution in [1.82, 2.24) is 4.98 Å². The Kier molecular flexibility index (Phi) is 4.14. The zero-order chi connectivity index (χ0) is 14.7. The van der Waals surface area contributed by atoms with Gasteiger partial charge in [-0.3, -0.25) is 14.9 Å². The number of aryl methyl sites for hydroxylation is 1.